The number of amides is 1. The van der Waals surface area contributed by atoms with Gasteiger partial charge < -0.3 is 14.8 Å². The smallest absolute Gasteiger partial charge is 0.459 e. The van der Waals surface area contributed by atoms with Crippen molar-refractivity contribution in [3.8, 4) is 0 Å². The predicted octanol–water partition coefficient (Wildman–Crippen LogP) is 3.13. The van der Waals surface area contributed by atoms with E-state index < -0.39 is 48.1 Å². The summed E-state index contributed by atoms with van der Waals surface area (Å²) in [4.78, 5) is 22.8. The standard InChI is InChI=1S/C12H16F7NO4/c1-5(2)24-8(21)7(20-9(22)23-4)6(3)10(13,14)11(15,16)12(17,18)19/h5-7H,1-4H3,(H,20,22). The first-order valence-electron chi connectivity index (χ1n) is 6.46. The van der Waals surface area contributed by atoms with Crippen molar-refractivity contribution in [1.29, 1.82) is 0 Å². The molecule has 1 amide bonds. The van der Waals surface area contributed by atoms with Crippen molar-refractivity contribution in [2.75, 3.05) is 7.11 Å². The van der Waals surface area contributed by atoms with Crippen molar-refractivity contribution in [1.82, 2.24) is 5.32 Å². The number of ether oxygens (including phenoxy) is 2. The topological polar surface area (TPSA) is 64.6 Å². The maximum Gasteiger partial charge on any atom is 0.459 e. The summed E-state index contributed by atoms with van der Waals surface area (Å²) in [7, 11) is 0.771. The van der Waals surface area contributed by atoms with Crippen molar-refractivity contribution in [2.24, 2.45) is 5.92 Å². The summed E-state index contributed by atoms with van der Waals surface area (Å²) in [6.45, 7) is 2.81. The summed E-state index contributed by atoms with van der Waals surface area (Å²) in [5.74, 6) is -16.7. The Kier molecular flexibility index (Phi) is 6.89. The monoisotopic (exact) mass is 371 g/mol. The molecule has 0 aliphatic heterocycles. The van der Waals surface area contributed by atoms with Crippen molar-refractivity contribution in [3.05, 3.63) is 0 Å². The number of alkyl halides is 7. The van der Waals surface area contributed by atoms with Crippen LogP contribution in [0.5, 0.6) is 0 Å². The number of hydrogen-bond donors (Lipinski definition) is 1. The Morgan fingerprint density at radius 3 is 1.75 bits per heavy atom. The Morgan fingerprint density at radius 1 is 0.958 bits per heavy atom. The molecule has 0 spiro atoms. The van der Waals surface area contributed by atoms with Crippen LogP contribution in [0.2, 0.25) is 0 Å². The van der Waals surface area contributed by atoms with Crippen LogP contribution in [0.25, 0.3) is 0 Å². The van der Waals surface area contributed by atoms with E-state index in [1.807, 2.05) is 0 Å². The van der Waals surface area contributed by atoms with Crippen molar-refractivity contribution >= 4 is 12.1 Å². The summed E-state index contributed by atoms with van der Waals surface area (Å²) in [6, 6.07) is -2.50. The van der Waals surface area contributed by atoms with E-state index in [0.29, 0.717) is 0 Å². The van der Waals surface area contributed by atoms with Crippen LogP contribution in [-0.4, -0.2) is 49.3 Å². The van der Waals surface area contributed by atoms with Crippen molar-refractivity contribution in [3.63, 3.8) is 0 Å². The summed E-state index contributed by atoms with van der Waals surface area (Å²) in [6.07, 6.45) is -8.95. The van der Waals surface area contributed by atoms with E-state index in [2.05, 4.69) is 9.47 Å². The van der Waals surface area contributed by atoms with Gasteiger partial charge in [-0.2, -0.15) is 30.7 Å². The molecule has 0 saturated carbocycles. The van der Waals surface area contributed by atoms with Gasteiger partial charge in [0, 0.05) is 0 Å². The van der Waals surface area contributed by atoms with Crippen molar-refractivity contribution < 1.29 is 49.8 Å². The molecule has 0 rings (SSSR count). The average molecular weight is 371 g/mol. The Labute approximate surface area is 132 Å². The maximum atomic E-state index is 13.7. The second-order valence-corrected chi connectivity index (χ2v) is 5.08. The van der Waals surface area contributed by atoms with E-state index in [1.54, 1.807) is 0 Å². The van der Waals surface area contributed by atoms with E-state index in [1.165, 1.54) is 19.2 Å². The number of carbonyl (C=O) groups excluding carboxylic acids is 2. The highest BCUT2D eigenvalue weighted by Crippen LogP contribution is 2.50. The molecule has 0 aromatic rings. The molecule has 2 unspecified atom stereocenters. The third-order valence-electron chi connectivity index (χ3n) is 2.91. The van der Waals surface area contributed by atoms with Crippen LogP contribution in [0.1, 0.15) is 20.8 Å². The maximum absolute atomic E-state index is 13.7. The van der Waals surface area contributed by atoms with Crippen LogP contribution >= 0.6 is 0 Å². The van der Waals surface area contributed by atoms with Gasteiger partial charge in [0.2, 0.25) is 0 Å². The Balaban J connectivity index is 5.76. The number of nitrogens with one attached hydrogen (secondary N) is 1. The zero-order valence-corrected chi connectivity index (χ0v) is 13.0. The Morgan fingerprint density at radius 2 is 1.42 bits per heavy atom. The van der Waals surface area contributed by atoms with E-state index >= 15 is 0 Å². The van der Waals surface area contributed by atoms with Crippen molar-refractivity contribution in [2.45, 2.75) is 50.9 Å². The largest absolute Gasteiger partial charge is 0.461 e. The van der Waals surface area contributed by atoms with Gasteiger partial charge in [0.1, 0.15) is 6.04 Å². The molecule has 0 saturated heterocycles. The lowest BCUT2D eigenvalue weighted by molar-refractivity contribution is -0.365. The van der Waals surface area contributed by atoms with Crippen LogP contribution in [0, 0.1) is 5.92 Å². The zero-order valence-electron chi connectivity index (χ0n) is 13.0. The Bertz CT molecular complexity index is 465. The van der Waals surface area contributed by atoms with Gasteiger partial charge in [0.15, 0.2) is 0 Å². The third kappa shape index (κ3) is 4.63. The lowest BCUT2D eigenvalue weighted by atomic mass is 9.90. The molecule has 0 aliphatic rings. The minimum atomic E-state index is -6.57. The first-order chi connectivity index (χ1) is 10.6. The Hall–Kier alpha value is -1.75. The van der Waals surface area contributed by atoms with Crippen LogP contribution < -0.4 is 5.32 Å². The summed E-state index contributed by atoms with van der Waals surface area (Å²) >= 11 is 0. The quantitative estimate of drug-likeness (QED) is 0.576. The van der Waals surface area contributed by atoms with Crippen LogP contribution in [0.3, 0.4) is 0 Å². The van der Waals surface area contributed by atoms with Gasteiger partial charge in [-0.15, -0.1) is 0 Å². The second kappa shape index (κ2) is 7.43. The SMILES string of the molecule is COC(=O)NC(C(=O)OC(C)C)C(C)C(F)(F)C(F)(F)C(F)(F)F. The number of rotatable bonds is 6. The van der Waals surface area contributed by atoms with Gasteiger partial charge in [0.25, 0.3) is 0 Å². The van der Waals surface area contributed by atoms with E-state index in [9.17, 15) is 40.3 Å². The highest BCUT2D eigenvalue weighted by atomic mass is 19.4. The fraction of sp³-hybridized carbons (Fsp3) is 0.833. The normalized spacial score (nSPS) is 15.7. The van der Waals surface area contributed by atoms with Gasteiger partial charge >= 0.3 is 30.1 Å². The minimum absolute atomic E-state index is 0.252. The fourth-order valence-electron chi connectivity index (χ4n) is 1.56. The molecule has 0 aromatic carbocycles. The number of alkyl carbamates (subject to hydrolysis) is 1. The first-order valence-corrected chi connectivity index (χ1v) is 6.46. The second-order valence-electron chi connectivity index (χ2n) is 5.08. The highest BCUT2D eigenvalue weighted by molar-refractivity contribution is 5.81. The lowest BCUT2D eigenvalue weighted by Gasteiger charge is -2.35. The van der Waals surface area contributed by atoms with Gasteiger partial charge in [-0.05, 0) is 13.8 Å². The summed E-state index contributed by atoms with van der Waals surface area (Å²) in [5, 5.41) is 1.48. The fourth-order valence-corrected chi connectivity index (χ4v) is 1.56. The number of methoxy groups -OCH3 is 1. The molecule has 0 aliphatic carbocycles. The zero-order chi connectivity index (χ0) is 19.5. The minimum Gasteiger partial charge on any atom is -0.461 e. The summed E-state index contributed by atoms with van der Waals surface area (Å²) in [5.41, 5.74) is 0. The first kappa shape index (κ1) is 22.2. The number of hydrogen-bond acceptors (Lipinski definition) is 4. The summed E-state index contributed by atoms with van der Waals surface area (Å²) < 4.78 is 98.9. The van der Waals surface area contributed by atoms with Gasteiger partial charge in [-0.25, -0.2) is 9.59 Å². The highest BCUT2D eigenvalue weighted by Gasteiger charge is 2.75. The number of halogens is 7. The molecule has 1 N–H and O–H groups in total. The number of esters is 1. The van der Waals surface area contributed by atoms with Crippen LogP contribution in [0.15, 0.2) is 0 Å². The molecule has 142 valence electrons. The third-order valence-corrected chi connectivity index (χ3v) is 2.91. The van der Waals surface area contributed by atoms with Gasteiger partial charge in [-0.3, -0.25) is 0 Å². The van der Waals surface area contributed by atoms with Crippen LogP contribution in [0.4, 0.5) is 35.5 Å². The molecule has 24 heavy (non-hydrogen) atoms. The van der Waals surface area contributed by atoms with Crippen LogP contribution in [-0.2, 0) is 14.3 Å². The molecule has 12 heteroatoms. The molecule has 0 radical (unpaired) electrons. The molecule has 0 bridgehead atoms. The molecule has 0 fully saturated rings. The lowest BCUT2D eigenvalue weighted by Crippen LogP contribution is -2.61. The number of carbonyl (C=O) groups is 2. The molecule has 5 nitrogen and oxygen atoms in total. The van der Waals surface area contributed by atoms with Gasteiger partial charge in [0.05, 0.1) is 19.1 Å². The molecule has 0 aromatic heterocycles. The van der Waals surface area contributed by atoms with E-state index in [-0.39, 0.29) is 6.92 Å². The molecular weight excluding hydrogens is 355 g/mol. The van der Waals surface area contributed by atoms with E-state index in [0.717, 1.165) is 7.11 Å². The van der Waals surface area contributed by atoms with E-state index in [4.69, 9.17) is 0 Å². The average Bonchev–Trinajstić information content (AvgIpc) is 2.41. The molecular formula is C12H16F7NO4. The molecule has 0 heterocycles. The predicted molar refractivity (Wildman–Crippen MR) is 65.7 cm³/mol. The molecule has 2 atom stereocenters. The van der Waals surface area contributed by atoms with Gasteiger partial charge in [-0.1, -0.05) is 6.92 Å².